The highest BCUT2D eigenvalue weighted by Gasteiger charge is 2.15. The zero-order chi connectivity index (χ0) is 35.1. The number of rotatable bonds is 26. The van der Waals surface area contributed by atoms with Gasteiger partial charge in [0.2, 0.25) is 5.91 Å². The summed E-state index contributed by atoms with van der Waals surface area (Å²) in [5.41, 5.74) is 1.31. The zero-order valence-electron chi connectivity index (χ0n) is 29.2. The molecule has 0 radical (unpaired) electrons. The quantitative estimate of drug-likeness (QED) is 0.0725. The number of carbonyl (C=O) groups is 3. The summed E-state index contributed by atoms with van der Waals surface area (Å²) in [6.45, 7) is 2.98. The summed E-state index contributed by atoms with van der Waals surface area (Å²) in [4.78, 5) is 35.5. The van der Waals surface area contributed by atoms with Crippen molar-refractivity contribution in [2.24, 2.45) is 0 Å². The number of benzene rings is 3. The molecule has 3 rings (SSSR count). The molecule has 0 atom stereocenters. The normalized spacial score (nSPS) is 10.9. The molecule has 0 spiro atoms. The van der Waals surface area contributed by atoms with Crippen LogP contribution < -0.4 is 14.8 Å². The van der Waals surface area contributed by atoms with Crippen molar-refractivity contribution in [1.29, 1.82) is 0 Å². The van der Waals surface area contributed by atoms with Crippen molar-refractivity contribution in [1.82, 2.24) is 0 Å². The van der Waals surface area contributed by atoms with Crippen molar-refractivity contribution in [3.05, 3.63) is 83.4 Å². The molecule has 8 nitrogen and oxygen atoms in total. The molecule has 0 saturated heterocycles. The number of unbranched alkanes of at least 4 members (excludes halogenated alkanes) is 15. The van der Waals surface area contributed by atoms with E-state index in [1.807, 2.05) is 24.3 Å². The molecular formula is C41H55NO7. The standard InChI is InChI=1S/C41H55NO7/c1-2-3-4-5-6-7-8-9-10-11-12-13-14-15-16-17-30-48-35-24-18-32(19-25-35)20-29-39(43)42-34-23-28-38(37(31-34)41(46)47)49-36-26-21-33(22-27-36)40(44)45/h18-19,21-28,31H,2-17,20,29-30H2,1H3,(H,42,43)(H,44,45)(H,46,47). The van der Waals surface area contributed by atoms with Crippen LogP contribution in [0, 0.1) is 0 Å². The molecule has 0 bridgehead atoms. The van der Waals surface area contributed by atoms with E-state index in [1.165, 1.54) is 133 Å². The van der Waals surface area contributed by atoms with E-state index in [4.69, 9.17) is 14.6 Å². The van der Waals surface area contributed by atoms with Crippen molar-refractivity contribution in [3.8, 4) is 17.2 Å². The molecule has 8 heteroatoms. The molecular weight excluding hydrogens is 618 g/mol. The number of aromatic carboxylic acids is 2. The number of nitrogens with one attached hydrogen (secondary N) is 1. The number of hydrogen-bond donors (Lipinski definition) is 3. The number of amides is 1. The Kier molecular flexibility index (Phi) is 18.4. The number of anilines is 1. The van der Waals surface area contributed by atoms with Crippen LogP contribution in [0.1, 0.15) is 142 Å². The third-order valence-corrected chi connectivity index (χ3v) is 8.65. The Morgan fingerprint density at radius 3 is 1.67 bits per heavy atom. The van der Waals surface area contributed by atoms with Crippen LogP contribution >= 0.6 is 0 Å². The molecule has 0 heterocycles. The maximum Gasteiger partial charge on any atom is 0.339 e. The average molecular weight is 674 g/mol. The molecule has 49 heavy (non-hydrogen) atoms. The Morgan fingerprint density at radius 2 is 1.14 bits per heavy atom. The van der Waals surface area contributed by atoms with E-state index in [2.05, 4.69) is 12.2 Å². The van der Waals surface area contributed by atoms with Crippen molar-refractivity contribution in [2.45, 2.75) is 122 Å². The van der Waals surface area contributed by atoms with Gasteiger partial charge in [0.1, 0.15) is 22.8 Å². The molecule has 3 aromatic rings. The van der Waals surface area contributed by atoms with Gasteiger partial charge in [-0.1, -0.05) is 115 Å². The highest BCUT2D eigenvalue weighted by molar-refractivity contribution is 5.96. The van der Waals surface area contributed by atoms with Gasteiger partial charge in [-0.3, -0.25) is 4.79 Å². The van der Waals surface area contributed by atoms with Crippen LogP contribution in [-0.4, -0.2) is 34.7 Å². The van der Waals surface area contributed by atoms with Gasteiger partial charge in [0.05, 0.1) is 12.2 Å². The second-order valence-electron chi connectivity index (χ2n) is 12.8. The second kappa shape index (κ2) is 23.1. The maximum atomic E-state index is 12.6. The molecule has 3 N–H and O–H groups in total. The number of hydrogen-bond acceptors (Lipinski definition) is 5. The first-order valence-electron chi connectivity index (χ1n) is 18.3. The third kappa shape index (κ3) is 16.1. The molecule has 0 fully saturated rings. The molecule has 0 aliphatic carbocycles. The molecule has 0 aromatic heterocycles. The van der Waals surface area contributed by atoms with Gasteiger partial charge >= 0.3 is 11.9 Å². The predicted octanol–water partition coefficient (Wildman–Crippen LogP) is 11.1. The lowest BCUT2D eigenvalue weighted by Crippen LogP contribution is -2.13. The Hall–Kier alpha value is -4.33. The largest absolute Gasteiger partial charge is 0.494 e. The van der Waals surface area contributed by atoms with Gasteiger partial charge in [0.15, 0.2) is 0 Å². The Morgan fingerprint density at radius 1 is 0.612 bits per heavy atom. The van der Waals surface area contributed by atoms with Gasteiger partial charge < -0.3 is 25.0 Å². The van der Waals surface area contributed by atoms with Crippen LogP contribution in [0.15, 0.2) is 66.7 Å². The monoisotopic (exact) mass is 673 g/mol. The number of ether oxygens (including phenoxy) is 2. The lowest BCUT2D eigenvalue weighted by Gasteiger charge is -2.12. The fraction of sp³-hybridized carbons (Fsp3) is 0.488. The van der Waals surface area contributed by atoms with E-state index >= 15 is 0 Å². The highest BCUT2D eigenvalue weighted by Crippen LogP contribution is 2.29. The minimum atomic E-state index is -1.22. The van der Waals surface area contributed by atoms with Crippen LogP contribution in [0.5, 0.6) is 17.2 Å². The molecule has 0 saturated carbocycles. The minimum Gasteiger partial charge on any atom is -0.494 e. The van der Waals surface area contributed by atoms with Crippen LogP contribution in [0.2, 0.25) is 0 Å². The SMILES string of the molecule is CCCCCCCCCCCCCCCCCCOc1ccc(CCC(=O)Nc2ccc(Oc3ccc(C(=O)O)cc3)c(C(=O)O)c2)cc1. The summed E-state index contributed by atoms with van der Waals surface area (Å²) in [7, 11) is 0. The van der Waals surface area contributed by atoms with Gasteiger partial charge in [-0.2, -0.15) is 0 Å². The smallest absolute Gasteiger partial charge is 0.339 e. The van der Waals surface area contributed by atoms with Gasteiger partial charge in [0.25, 0.3) is 0 Å². The number of carboxylic acids is 2. The Bertz CT molecular complexity index is 1400. The summed E-state index contributed by atoms with van der Waals surface area (Å²) in [6, 6.07) is 17.8. The summed E-state index contributed by atoms with van der Waals surface area (Å²) >= 11 is 0. The Balaban J connectivity index is 1.25. The minimum absolute atomic E-state index is 0.0747. The lowest BCUT2D eigenvalue weighted by molar-refractivity contribution is -0.116. The van der Waals surface area contributed by atoms with E-state index in [0.717, 1.165) is 17.7 Å². The van der Waals surface area contributed by atoms with Crippen molar-refractivity contribution in [3.63, 3.8) is 0 Å². The topological polar surface area (TPSA) is 122 Å². The lowest BCUT2D eigenvalue weighted by atomic mass is 10.0. The number of aryl methyl sites for hydroxylation is 1. The van der Waals surface area contributed by atoms with Crippen molar-refractivity contribution < 1.29 is 34.1 Å². The summed E-state index contributed by atoms with van der Waals surface area (Å²) in [5.74, 6) is -1.33. The highest BCUT2D eigenvalue weighted by atomic mass is 16.5. The first kappa shape index (κ1) is 39.1. The summed E-state index contributed by atoms with van der Waals surface area (Å²) in [5, 5.41) is 21.5. The molecule has 266 valence electrons. The summed E-state index contributed by atoms with van der Waals surface area (Å²) < 4.78 is 11.6. The maximum absolute atomic E-state index is 12.6. The van der Waals surface area contributed by atoms with Crippen LogP contribution in [0.4, 0.5) is 5.69 Å². The van der Waals surface area contributed by atoms with Gasteiger partial charge in [-0.05, 0) is 73.0 Å². The fourth-order valence-corrected chi connectivity index (χ4v) is 5.73. The van der Waals surface area contributed by atoms with E-state index in [0.29, 0.717) is 24.5 Å². The summed E-state index contributed by atoms with van der Waals surface area (Å²) in [6.07, 6.45) is 22.3. The second-order valence-corrected chi connectivity index (χ2v) is 12.8. The predicted molar refractivity (Wildman–Crippen MR) is 195 cm³/mol. The van der Waals surface area contributed by atoms with Crippen LogP contribution in [-0.2, 0) is 11.2 Å². The number of carboxylic acid groups (broad SMARTS) is 2. The number of carbonyl (C=O) groups excluding carboxylic acids is 1. The van der Waals surface area contributed by atoms with Gasteiger partial charge in [-0.15, -0.1) is 0 Å². The van der Waals surface area contributed by atoms with E-state index in [-0.39, 0.29) is 29.2 Å². The van der Waals surface area contributed by atoms with Crippen molar-refractivity contribution in [2.75, 3.05) is 11.9 Å². The fourth-order valence-electron chi connectivity index (χ4n) is 5.73. The molecule has 0 unspecified atom stereocenters. The average Bonchev–Trinajstić information content (AvgIpc) is 3.10. The molecule has 0 aliphatic rings. The van der Waals surface area contributed by atoms with Crippen molar-refractivity contribution >= 4 is 23.5 Å². The Labute approximate surface area is 292 Å². The molecule has 0 aliphatic heterocycles. The van der Waals surface area contributed by atoms with E-state index in [1.54, 1.807) is 6.07 Å². The van der Waals surface area contributed by atoms with Crippen LogP contribution in [0.3, 0.4) is 0 Å². The van der Waals surface area contributed by atoms with Crippen LogP contribution in [0.25, 0.3) is 0 Å². The van der Waals surface area contributed by atoms with Gasteiger partial charge in [0, 0.05) is 12.1 Å². The van der Waals surface area contributed by atoms with Gasteiger partial charge in [-0.25, -0.2) is 9.59 Å². The third-order valence-electron chi connectivity index (χ3n) is 8.65. The zero-order valence-corrected chi connectivity index (χ0v) is 29.2. The first-order chi connectivity index (χ1) is 23.9. The van der Waals surface area contributed by atoms with E-state index < -0.39 is 11.9 Å². The first-order valence-corrected chi connectivity index (χ1v) is 18.3. The molecule has 1 amide bonds. The van der Waals surface area contributed by atoms with E-state index in [9.17, 15) is 19.5 Å². The molecule has 3 aromatic carbocycles.